The third-order valence-electron chi connectivity index (χ3n) is 4.49. The molecule has 3 rings (SSSR count). The van der Waals surface area contributed by atoms with Gasteiger partial charge < -0.3 is 15.0 Å². The molecule has 0 saturated heterocycles. The van der Waals surface area contributed by atoms with Gasteiger partial charge in [-0.1, -0.05) is 12.7 Å². The van der Waals surface area contributed by atoms with Crippen molar-refractivity contribution in [2.45, 2.75) is 13.8 Å². The Morgan fingerprint density at radius 2 is 2.12 bits per heavy atom. The van der Waals surface area contributed by atoms with E-state index < -0.39 is 11.8 Å². The van der Waals surface area contributed by atoms with Crippen molar-refractivity contribution in [2.75, 3.05) is 13.1 Å². The molecule has 1 aromatic carbocycles. The van der Waals surface area contributed by atoms with E-state index in [2.05, 4.69) is 11.6 Å². The third kappa shape index (κ3) is 2.31. The molecule has 2 aromatic rings. The van der Waals surface area contributed by atoms with E-state index in [-0.39, 0.29) is 18.0 Å². The van der Waals surface area contributed by atoms with E-state index in [0.717, 1.165) is 17.3 Å². The van der Waals surface area contributed by atoms with Crippen molar-refractivity contribution >= 4 is 28.4 Å². The summed E-state index contributed by atoms with van der Waals surface area (Å²) in [6.45, 7) is 7.75. The summed E-state index contributed by atoms with van der Waals surface area (Å²) < 4.78 is 14.7. The standard InChI is InChI=1S/C18H17FN2O3/c1-4-14(22)21-6-5-11(8-21)16-13(19)7-12(18(23)24)17-15(16)9(2)10(3)20-17/h4-5,7,20H,1,6,8H2,2-3H3,(H,23,24). The number of carboxylic acid groups (broad SMARTS) is 1. The predicted molar refractivity (Wildman–Crippen MR) is 89.4 cm³/mol. The number of aromatic carboxylic acids is 1. The molecule has 0 spiro atoms. The fourth-order valence-corrected chi connectivity index (χ4v) is 3.14. The second-order valence-corrected chi connectivity index (χ2v) is 5.86. The number of aromatic amines is 1. The van der Waals surface area contributed by atoms with E-state index in [1.54, 1.807) is 11.0 Å². The highest BCUT2D eigenvalue weighted by molar-refractivity contribution is 6.08. The van der Waals surface area contributed by atoms with E-state index in [9.17, 15) is 19.1 Å². The normalized spacial score (nSPS) is 14.1. The molecule has 0 fully saturated rings. The van der Waals surface area contributed by atoms with Gasteiger partial charge in [-0.3, -0.25) is 4.79 Å². The number of H-pyrrole nitrogens is 1. The maximum Gasteiger partial charge on any atom is 0.337 e. The summed E-state index contributed by atoms with van der Waals surface area (Å²) in [5.41, 5.74) is 2.93. The molecule has 5 nitrogen and oxygen atoms in total. The highest BCUT2D eigenvalue weighted by atomic mass is 19.1. The molecule has 1 aromatic heterocycles. The number of fused-ring (bicyclic) bond motifs is 1. The lowest BCUT2D eigenvalue weighted by molar-refractivity contribution is -0.124. The average Bonchev–Trinajstić information content (AvgIpc) is 3.13. The third-order valence-corrected chi connectivity index (χ3v) is 4.49. The molecule has 6 heteroatoms. The highest BCUT2D eigenvalue weighted by Crippen LogP contribution is 2.36. The quantitative estimate of drug-likeness (QED) is 0.851. The maximum absolute atomic E-state index is 14.7. The van der Waals surface area contributed by atoms with Gasteiger partial charge in [0.15, 0.2) is 0 Å². The molecule has 0 radical (unpaired) electrons. The number of benzene rings is 1. The van der Waals surface area contributed by atoms with E-state index >= 15 is 0 Å². The molecule has 1 amide bonds. The topological polar surface area (TPSA) is 73.4 Å². The number of aromatic nitrogens is 1. The second kappa shape index (κ2) is 5.63. The van der Waals surface area contributed by atoms with Gasteiger partial charge in [-0.2, -0.15) is 0 Å². The van der Waals surface area contributed by atoms with Crippen molar-refractivity contribution < 1.29 is 19.1 Å². The zero-order chi connectivity index (χ0) is 17.6. The summed E-state index contributed by atoms with van der Waals surface area (Å²) in [6.07, 6.45) is 3.02. The van der Waals surface area contributed by atoms with Crippen LogP contribution in [0.15, 0.2) is 24.8 Å². The molecule has 0 unspecified atom stereocenters. The van der Waals surface area contributed by atoms with Crippen molar-refractivity contribution in [1.82, 2.24) is 9.88 Å². The van der Waals surface area contributed by atoms with Crippen LogP contribution < -0.4 is 0 Å². The first-order chi connectivity index (χ1) is 11.3. The number of aryl methyl sites for hydroxylation is 2. The van der Waals surface area contributed by atoms with Crippen LogP contribution in [-0.4, -0.2) is 40.0 Å². The molecule has 124 valence electrons. The summed E-state index contributed by atoms with van der Waals surface area (Å²) in [6, 6.07) is 1.04. The van der Waals surface area contributed by atoms with Crippen molar-refractivity contribution in [1.29, 1.82) is 0 Å². The number of rotatable bonds is 3. The van der Waals surface area contributed by atoms with Gasteiger partial charge in [0.05, 0.1) is 11.1 Å². The largest absolute Gasteiger partial charge is 0.478 e. The van der Waals surface area contributed by atoms with Crippen LogP contribution in [0.2, 0.25) is 0 Å². The molecule has 1 aliphatic rings. The van der Waals surface area contributed by atoms with Gasteiger partial charge in [-0.05, 0) is 37.1 Å². The Kier molecular flexibility index (Phi) is 3.75. The fraction of sp³-hybridized carbons (Fsp3) is 0.222. The number of amides is 1. The monoisotopic (exact) mass is 328 g/mol. The van der Waals surface area contributed by atoms with Gasteiger partial charge in [-0.15, -0.1) is 0 Å². The highest BCUT2D eigenvalue weighted by Gasteiger charge is 2.26. The minimum Gasteiger partial charge on any atom is -0.478 e. The Morgan fingerprint density at radius 3 is 2.75 bits per heavy atom. The van der Waals surface area contributed by atoms with E-state index in [1.807, 2.05) is 13.8 Å². The molecule has 2 heterocycles. The summed E-state index contributed by atoms with van der Waals surface area (Å²) >= 11 is 0. The number of nitrogens with one attached hydrogen (secondary N) is 1. The van der Waals surface area contributed by atoms with Crippen molar-refractivity contribution in [3.05, 3.63) is 53.0 Å². The van der Waals surface area contributed by atoms with Crippen LogP contribution in [0.1, 0.15) is 27.2 Å². The molecular weight excluding hydrogens is 311 g/mol. The maximum atomic E-state index is 14.7. The number of hydrogen-bond acceptors (Lipinski definition) is 2. The summed E-state index contributed by atoms with van der Waals surface area (Å²) in [5, 5.41) is 9.90. The molecule has 0 bridgehead atoms. The Morgan fingerprint density at radius 1 is 1.42 bits per heavy atom. The summed E-state index contributed by atoms with van der Waals surface area (Å²) in [7, 11) is 0. The Balaban J connectivity index is 2.21. The second-order valence-electron chi connectivity index (χ2n) is 5.86. The van der Waals surface area contributed by atoms with Crippen molar-refractivity contribution in [3.8, 4) is 0 Å². The fourth-order valence-electron chi connectivity index (χ4n) is 3.14. The zero-order valence-corrected chi connectivity index (χ0v) is 13.4. The van der Waals surface area contributed by atoms with Gasteiger partial charge in [-0.25, -0.2) is 9.18 Å². The van der Waals surface area contributed by atoms with Crippen LogP contribution in [-0.2, 0) is 4.79 Å². The van der Waals surface area contributed by atoms with Gasteiger partial charge in [0.25, 0.3) is 0 Å². The zero-order valence-electron chi connectivity index (χ0n) is 13.4. The summed E-state index contributed by atoms with van der Waals surface area (Å²) in [4.78, 5) is 27.8. The lowest BCUT2D eigenvalue weighted by Gasteiger charge is -2.15. The molecule has 1 aliphatic heterocycles. The van der Waals surface area contributed by atoms with Crippen LogP contribution in [0.25, 0.3) is 16.5 Å². The van der Waals surface area contributed by atoms with Crippen LogP contribution in [0.3, 0.4) is 0 Å². The van der Waals surface area contributed by atoms with Gasteiger partial charge in [0.1, 0.15) is 5.82 Å². The average molecular weight is 328 g/mol. The lowest BCUT2D eigenvalue weighted by Crippen LogP contribution is -2.26. The number of carboxylic acids is 1. The molecule has 24 heavy (non-hydrogen) atoms. The van der Waals surface area contributed by atoms with Crippen molar-refractivity contribution in [2.24, 2.45) is 0 Å². The van der Waals surface area contributed by atoms with Crippen LogP contribution in [0.4, 0.5) is 4.39 Å². The number of hydrogen-bond donors (Lipinski definition) is 2. The number of nitrogens with zero attached hydrogens (tertiary/aromatic N) is 1. The van der Waals surface area contributed by atoms with Gasteiger partial charge in [0, 0.05) is 29.7 Å². The van der Waals surface area contributed by atoms with E-state index in [1.165, 1.54) is 6.08 Å². The molecule has 2 N–H and O–H groups in total. The van der Waals surface area contributed by atoms with Crippen molar-refractivity contribution in [3.63, 3.8) is 0 Å². The SMILES string of the molecule is C=CC(=O)N1CC=C(c2c(F)cc(C(=O)O)c3[nH]c(C)c(C)c23)C1. The number of halogens is 1. The minimum absolute atomic E-state index is 0.0972. The Bertz CT molecular complexity index is 924. The van der Waals surface area contributed by atoms with Crippen LogP contribution >= 0.6 is 0 Å². The van der Waals surface area contributed by atoms with E-state index in [4.69, 9.17) is 0 Å². The molecular formula is C18H17FN2O3. The molecule has 0 atom stereocenters. The Hall–Kier alpha value is -2.89. The van der Waals surface area contributed by atoms with E-state index in [0.29, 0.717) is 28.6 Å². The van der Waals surface area contributed by atoms with Gasteiger partial charge in [0.2, 0.25) is 5.91 Å². The van der Waals surface area contributed by atoms with Crippen LogP contribution in [0.5, 0.6) is 0 Å². The number of carbonyl (C=O) groups excluding carboxylic acids is 1. The Labute approximate surface area is 138 Å². The van der Waals surface area contributed by atoms with Crippen LogP contribution in [0, 0.1) is 19.7 Å². The predicted octanol–water partition coefficient (Wildman–Crippen LogP) is 3.03. The minimum atomic E-state index is -1.18. The van der Waals surface area contributed by atoms with Gasteiger partial charge >= 0.3 is 5.97 Å². The summed E-state index contributed by atoms with van der Waals surface area (Å²) in [5.74, 6) is -2.00. The first-order valence-corrected chi connectivity index (χ1v) is 7.50. The molecule has 0 saturated carbocycles. The first-order valence-electron chi connectivity index (χ1n) is 7.50. The smallest absolute Gasteiger partial charge is 0.337 e. The molecule has 0 aliphatic carbocycles. The number of carbonyl (C=O) groups is 2. The lowest BCUT2D eigenvalue weighted by atomic mass is 9.96. The first kappa shape index (κ1) is 16.0.